The molecular formula is C28H32N4O6S. The van der Waals surface area contributed by atoms with Crippen molar-refractivity contribution in [2.75, 3.05) is 23.8 Å². The molecule has 3 aromatic rings. The number of benzene rings is 3. The third kappa shape index (κ3) is 9.15. The molecule has 0 aliphatic rings. The number of sulfonamides is 1. The highest BCUT2D eigenvalue weighted by Gasteiger charge is 2.29. The summed E-state index contributed by atoms with van der Waals surface area (Å²) in [4.78, 5) is 24.7. The molecule has 0 saturated heterocycles. The van der Waals surface area contributed by atoms with Crippen LogP contribution >= 0.6 is 0 Å². The minimum Gasteiger partial charge on any atom is -0.494 e. The Morgan fingerprint density at radius 1 is 0.949 bits per heavy atom. The second-order valence-electron chi connectivity index (χ2n) is 8.52. The number of rotatable bonds is 13. The lowest BCUT2D eigenvalue weighted by molar-refractivity contribution is -0.123. The molecule has 0 bridgehead atoms. The van der Waals surface area contributed by atoms with E-state index in [0.717, 1.165) is 16.1 Å². The summed E-state index contributed by atoms with van der Waals surface area (Å²) in [5.74, 6) is 0.250. The fourth-order valence-corrected chi connectivity index (χ4v) is 4.75. The van der Waals surface area contributed by atoms with Gasteiger partial charge in [-0.3, -0.25) is 13.9 Å². The Bertz CT molecular complexity index is 1360. The second kappa shape index (κ2) is 14.0. The number of hydrogen-bond acceptors (Lipinski definition) is 7. The van der Waals surface area contributed by atoms with Crippen LogP contribution in [0, 0.1) is 0 Å². The van der Waals surface area contributed by atoms with E-state index >= 15 is 0 Å². The second-order valence-corrected chi connectivity index (χ2v) is 10.4. The van der Waals surface area contributed by atoms with Gasteiger partial charge in [0.15, 0.2) is 6.61 Å². The molecule has 2 amide bonds. The molecule has 39 heavy (non-hydrogen) atoms. The summed E-state index contributed by atoms with van der Waals surface area (Å²) in [6, 6.07) is 21.7. The van der Waals surface area contributed by atoms with E-state index in [1.807, 2.05) is 37.3 Å². The molecule has 1 atom stereocenters. The van der Waals surface area contributed by atoms with Gasteiger partial charge in [0, 0.05) is 6.54 Å². The van der Waals surface area contributed by atoms with Gasteiger partial charge in [-0.25, -0.2) is 13.8 Å². The Kier molecular flexibility index (Phi) is 10.4. The maximum Gasteiger partial charge on any atom is 0.263 e. The molecule has 0 heterocycles. The van der Waals surface area contributed by atoms with Gasteiger partial charge in [0.05, 0.1) is 24.8 Å². The van der Waals surface area contributed by atoms with Crippen LogP contribution in [0.5, 0.6) is 11.5 Å². The van der Waals surface area contributed by atoms with Gasteiger partial charge in [-0.05, 0) is 73.5 Å². The lowest BCUT2D eigenvalue weighted by Crippen LogP contribution is -2.46. The molecule has 0 saturated carbocycles. The summed E-state index contributed by atoms with van der Waals surface area (Å²) < 4.78 is 36.8. The van der Waals surface area contributed by atoms with Crippen LogP contribution in [0.1, 0.15) is 25.0 Å². The van der Waals surface area contributed by atoms with E-state index in [9.17, 15) is 18.0 Å². The predicted molar refractivity (Wildman–Crippen MR) is 150 cm³/mol. The maximum absolute atomic E-state index is 12.7. The zero-order valence-corrected chi connectivity index (χ0v) is 22.9. The third-order valence-corrected chi connectivity index (χ3v) is 6.70. The normalized spacial score (nSPS) is 12.0. The number of hydrogen-bond donors (Lipinski definition) is 2. The van der Waals surface area contributed by atoms with Crippen molar-refractivity contribution in [3.05, 3.63) is 90.0 Å². The number of amides is 2. The first-order valence-electron chi connectivity index (χ1n) is 12.3. The first-order chi connectivity index (χ1) is 18.7. The topological polar surface area (TPSA) is 126 Å². The summed E-state index contributed by atoms with van der Waals surface area (Å²) in [5, 5.41) is 6.74. The van der Waals surface area contributed by atoms with E-state index in [0.29, 0.717) is 35.9 Å². The van der Waals surface area contributed by atoms with Gasteiger partial charge in [-0.15, -0.1) is 0 Å². The largest absolute Gasteiger partial charge is 0.494 e. The summed E-state index contributed by atoms with van der Waals surface area (Å²) >= 11 is 0. The molecule has 0 spiro atoms. The number of anilines is 1. The highest BCUT2D eigenvalue weighted by molar-refractivity contribution is 7.92. The lowest BCUT2D eigenvalue weighted by Gasteiger charge is -2.27. The van der Waals surface area contributed by atoms with Crippen LogP contribution < -0.4 is 24.5 Å². The standard InChI is InChI=1S/C28H32N4O6S/c1-4-37-25-16-12-24(13-17-25)32(39(3,35)36)21(2)28(34)31-30-19-23-10-14-26(15-11-23)38-20-27(33)29-18-22-8-6-5-7-9-22/h5-17,19,21H,4,18,20H2,1-3H3,(H,29,33)(H,31,34)/b30-19-/t21-/m1/s1. The molecule has 0 radical (unpaired) electrons. The molecule has 10 nitrogen and oxygen atoms in total. The van der Waals surface area contributed by atoms with Crippen LogP contribution in [-0.2, 0) is 26.2 Å². The average Bonchev–Trinajstić information content (AvgIpc) is 2.92. The average molecular weight is 553 g/mol. The molecule has 3 aromatic carbocycles. The molecule has 11 heteroatoms. The van der Waals surface area contributed by atoms with E-state index in [1.165, 1.54) is 13.1 Å². The van der Waals surface area contributed by atoms with Crippen LogP contribution in [-0.4, -0.2) is 52.0 Å². The number of nitrogens with zero attached hydrogens (tertiary/aromatic N) is 2. The van der Waals surface area contributed by atoms with Crippen molar-refractivity contribution in [2.24, 2.45) is 5.10 Å². The van der Waals surface area contributed by atoms with E-state index in [-0.39, 0.29) is 12.5 Å². The third-order valence-electron chi connectivity index (χ3n) is 5.46. The van der Waals surface area contributed by atoms with Crippen LogP contribution in [0.4, 0.5) is 5.69 Å². The Labute approximate surface area is 228 Å². The van der Waals surface area contributed by atoms with Gasteiger partial charge in [0.25, 0.3) is 11.8 Å². The van der Waals surface area contributed by atoms with Crippen molar-refractivity contribution >= 4 is 33.7 Å². The predicted octanol–water partition coefficient (Wildman–Crippen LogP) is 3.09. The fraction of sp³-hybridized carbons (Fsp3) is 0.250. The smallest absolute Gasteiger partial charge is 0.263 e. The van der Waals surface area contributed by atoms with E-state index in [4.69, 9.17) is 9.47 Å². The molecule has 0 aliphatic heterocycles. The minimum atomic E-state index is -3.76. The van der Waals surface area contributed by atoms with Crippen molar-refractivity contribution in [3.63, 3.8) is 0 Å². The van der Waals surface area contributed by atoms with Crippen molar-refractivity contribution in [2.45, 2.75) is 26.4 Å². The van der Waals surface area contributed by atoms with E-state index in [2.05, 4.69) is 15.8 Å². The summed E-state index contributed by atoms with van der Waals surface area (Å²) in [5.41, 5.74) is 4.37. The first-order valence-corrected chi connectivity index (χ1v) is 14.1. The molecule has 206 valence electrons. The highest BCUT2D eigenvalue weighted by atomic mass is 32.2. The number of carbonyl (C=O) groups is 2. The summed E-state index contributed by atoms with van der Waals surface area (Å²) in [6.45, 7) is 4.10. The zero-order chi connectivity index (χ0) is 28.3. The van der Waals surface area contributed by atoms with Gasteiger partial charge >= 0.3 is 0 Å². The van der Waals surface area contributed by atoms with Crippen LogP contribution in [0.2, 0.25) is 0 Å². The summed E-state index contributed by atoms with van der Waals surface area (Å²) in [7, 11) is -3.76. The van der Waals surface area contributed by atoms with Gasteiger partial charge in [0.2, 0.25) is 10.0 Å². The Hall–Kier alpha value is -4.38. The molecule has 0 fully saturated rings. The zero-order valence-electron chi connectivity index (χ0n) is 22.0. The maximum atomic E-state index is 12.7. The first kappa shape index (κ1) is 29.2. The number of ether oxygens (including phenoxy) is 2. The monoisotopic (exact) mass is 552 g/mol. The van der Waals surface area contributed by atoms with Gasteiger partial charge < -0.3 is 14.8 Å². The Balaban J connectivity index is 1.51. The number of carbonyl (C=O) groups excluding carboxylic acids is 2. The Morgan fingerprint density at radius 2 is 1.56 bits per heavy atom. The van der Waals surface area contributed by atoms with Crippen molar-refractivity contribution < 1.29 is 27.5 Å². The fourth-order valence-electron chi connectivity index (χ4n) is 3.58. The Morgan fingerprint density at radius 3 is 2.18 bits per heavy atom. The number of nitrogens with one attached hydrogen (secondary N) is 2. The highest BCUT2D eigenvalue weighted by Crippen LogP contribution is 2.24. The SMILES string of the molecule is CCOc1ccc(N([C@H](C)C(=O)N/N=C\c2ccc(OCC(=O)NCc3ccccc3)cc2)S(C)(=O)=O)cc1. The quantitative estimate of drug-likeness (QED) is 0.248. The van der Waals surface area contributed by atoms with E-state index in [1.54, 1.807) is 48.5 Å². The summed E-state index contributed by atoms with van der Waals surface area (Å²) in [6.07, 6.45) is 2.45. The number of hydrazone groups is 1. The van der Waals surface area contributed by atoms with Gasteiger partial charge in [-0.2, -0.15) is 5.10 Å². The molecule has 0 aliphatic carbocycles. The minimum absolute atomic E-state index is 0.126. The molecule has 0 aromatic heterocycles. The van der Waals surface area contributed by atoms with Crippen LogP contribution in [0.15, 0.2) is 84.0 Å². The van der Waals surface area contributed by atoms with Crippen molar-refractivity contribution in [1.82, 2.24) is 10.7 Å². The molecule has 2 N–H and O–H groups in total. The van der Waals surface area contributed by atoms with Crippen LogP contribution in [0.3, 0.4) is 0 Å². The molecule has 3 rings (SSSR count). The molecular weight excluding hydrogens is 520 g/mol. The molecule has 0 unspecified atom stereocenters. The van der Waals surface area contributed by atoms with Gasteiger partial charge in [-0.1, -0.05) is 30.3 Å². The lowest BCUT2D eigenvalue weighted by atomic mass is 10.2. The van der Waals surface area contributed by atoms with Gasteiger partial charge in [0.1, 0.15) is 17.5 Å². The van der Waals surface area contributed by atoms with E-state index < -0.39 is 22.0 Å². The van der Waals surface area contributed by atoms with Crippen molar-refractivity contribution in [3.8, 4) is 11.5 Å². The van der Waals surface area contributed by atoms with Crippen LogP contribution in [0.25, 0.3) is 0 Å². The van der Waals surface area contributed by atoms with Crippen molar-refractivity contribution in [1.29, 1.82) is 0 Å².